The number of phosphoric ester groups is 1. The first kappa shape index (κ1) is 31.7. The average molecular weight is 696 g/mol. The number of aromatic amines is 1. The van der Waals surface area contributed by atoms with Gasteiger partial charge in [0.2, 0.25) is 5.95 Å². The molecule has 2 aliphatic rings. The molecule has 10 atom stereocenters. The highest BCUT2D eigenvalue weighted by Gasteiger charge is 2.53. The van der Waals surface area contributed by atoms with Crippen LogP contribution in [-0.2, 0) is 32.2 Å². The lowest BCUT2D eigenvalue weighted by atomic mass is 10.1. The van der Waals surface area contributed by atoms with Crippen LogP contribution < -0.4 is 17.0 Å². The van der Waals surface area contributed by atoms with E-state index in [1.54, 1.807) is 0 Å². The lowest BCUT2D eigenvalue weighted by Gasteiger charge is -2.23. The van der Waals surface area contributed by atoms with E-state index in [-0.39, 0.29) is 34.1 Å². The summed E-state index contributed by atoms with van der Waals surface area (Å²) >= 11 is 3.58. The Morgan fingerprint density at radius 3 is 2.62 bits per heavy atom. The Bertz CT molecular complexity index is 1870. The summed E-state index contributed by atoms with van der Waals surface area (Å²) in [4.78, 5) is 40.6. The third kappa shape index (κ3) is 6.01. The van der Waals surface area contributed by atoms with E-state index in [4.69, 9.17) is 34.5 Å². The predicted octanol–water partition coefficient (Wildman–Crippen LogP) is -0.543. The normalized spacial score (nSPS) is 30.3. The molecule has 0 saturated carbocycles. The van der Waals surface area contributed by atoms with Crippen LogP contribution in [0, 0.1) is 0 Å². The molecule has 4 aromatic rings. The summed E-state index contributed by atoms with van der Waals surface area (Å²) in [7, 11) is -7.75. The second-order valence-electron chi connectivity index (χ2n) is 9.62. The number of nitrogens with two attached hydrogens (primary N) is 2. The molecule has 26 heteroatoms. The monoisotopic (exact) mass is 696 g/mol. The van der Waals surface area contributed by atoms with Crippen molar-refractivity contribution in [2.24, 2.45) is 0 Å². The molecule has 2 fully saturated rings. The van der Waals surface area contributed by atoms with Crippen molar-refractivity contribution in [3.63, 3.8) is 0 Å². The summed E-state index contributed by atoms with van der Waals surface area (Å²) in [6.45, 7) is -1.55. The van der Waals surface area contributed by atoms with E-state index in [1.165, 1.54) is 6.33 Å². The molecule has 4 aromatic heterocycles. The first-order chi connectivity index (χ1) is 21.3. The summed E-state index contributed by atoms with van der Waals surface area (Å²) in [6.07, 6.45) is -12.2. The molecule has 0 amide bonds. The maximum atomic E-state index is 15.6. The van der Waals surface area contributed by atoms with Crippen LogP contribution in [-0.4, -0.2) is 104 Å². The SMILES string of the molecule is Nc1nc2c(nnn2[C@@H]2O[C@H](CO[P+](=O)S)[C@H](F)[C@H]2OP(=O)(O)OC[C@H]2O[C@@H](n3cnc4c(N)ncnc43)[C@@H](F)[C@@H]2O)c(=O)[nH]1. The molecule has 6 rings (SSSR count). The minimum absolute atomic E-state index is 0.0181. The fourth-order valence-electron chi connectivity index (χ4n) is 4.78. The van der Waals surface area contributed by atoms with Gasteiger partial charge in [-0.1, -0.05) is 5.21 Å². The molecular formula is C19H22F2N11O10P2S+. The number of nitrogens with one attached hydrogen (secondary N) is 1. The number of aliphatic hydroxyl groups is 1. The van der Waals surface area contributed by atoms with E-state index in [9.17, 15) is 23.9 Å². The number of H-pyrrole nitrogens is 1. The van der Waals surface area contributed by atoms with Crippen LogP contribution in [0.3, 0.4) is 0 Å². The topological polar surface area (TPSA) is 293 Å². The summed E-state index contributed by atoms with van der Waals surface area (Å²) < 4.78 is 83.0. The Balaban J connectivity index is 1.20. The third-order valence-electron chi connectivity index (χ3n) is 6.82. The Labute approximate surface area is 253 Å². The van der Waals surface area contributed by atoms with Gasteiger partial charge in [0.1, 0.15) is 55.1 Å². The number of thiol groups is 1. The zero-order chi connectivity index (χ0) is 32.2. The Kier molecular flexibility index (Phi) is 8.54. The number of fused-ring (bicyclic) bond motifs is 2. The molecule has 0 spiro atoms. The molecule has 45 heavy (non-hydrogen) atoms. The molecule has 0 radical (unpaired) electrons. The van der Waals surface area contributed by atoms with Crippen molar-refractivity contribution in [2.75, 3.05) is 24.7 Å². The fraction of sp³-hybridized carbons (Fsp3) is 0.526. The molecule has 0 aliphatic carbocycles. The second kappa shape index (κ2) is 12.1. The Hall–Kier alpha value is -3.31. The van der Waals surface area contributed by atoms with E-state index in [0.29, 0.717) is 0 Å². The van der Waals surface area contributed by atoms with Crippen LogP contribution in [0.15, 0.2) is 17.4 Å². The molecule has 0 aromatic carbocycles. The minimum Gasteiger partial charge on any atom is -0.387 e. The van der Waals surface area contributed by atoms with Crippen molar-refractivity contribution in [2.45, 2.75) is 49.2 Å². The van der Waals surface area contributed by atoms with Gasteiger partial charge in [-0.25, -0.2) is 28.3 Å². The lowest BCUT2D eigenvalue weighted by molar-refractivity contribution is -0.0622. The van der Waals surface area contributed by atoms with E-state index >= 15 is 8.78 Å². The number of nitrogen functional groups attached to an aromatic ring is 2. The van der Waals surface area contributed by atoms with Crippen molar-refractivity contribution in [1.82, 2.24) is 44.5 Å². The molecule has 242 valence electrons. The standard InChI is InChI=1S/C19H21F2N11O10P2S/c20-7-5(1-38-43(35)45)40-18(32-15-10(29-30-32)16(34)28-19(23)27-15)12(7)42-44(36,37)39-2-6-11(33)8(21)17(41-6)31-4-26-9-13(22)24-3-25-14(9)31/h3-8,11-12,17-18,33H,1-2H2,(H6-,22,23,24,25,27,28,30,34,35,36,37,45)/p+1/t5-,6-,7+,8+,11-,12-,17-,18-/m1/s1. The number of anilines is 2. The molecule has 6 heterocycles. The predicted molar refractivity (Wildman–Crippen MR) is 147 cm³/mol. The van der Waals surface area contributed by atoms with Crippen LogP contribution in [0.1, 0.15) is 12.5 Å². The van der Waals surface area contributed by atoms with Crippen LogP contribution in [0.4, 0.5) is 20.5 Å². The first-order valence-corrected chi connectivity index (χ1v) is 16.4. The number of aliphatic hydroxyl groups excluding tert-OH is 1. The number of hydrogen-bond donors (Lipinski definition) is 6. The zero-order valence-electron chi connectivity index (χ0n) is 22.2. The summed E-state index contributed by atoms with van der Waals surface area (Å²) in [5.41, 5.74) is 10.2. The van der Waals surface area contributed by atoms with Gasteiger partial charge >= 0.3 is 15.1 Å². The smallest absolute Gasteiger partial charge is 0.387 e. The minimum atomic E-state index is -5.26. The lowest BCUT2D eigenvalue weighted by Crippen LogP contribution is -2.33. The van der Waals surface area contributed by atoms with Crippen molar-refractivity contribution < 1.29 is 51.0 Å². The van der Waals surface area contributed by atoms with Crippen molar-refractivity contribution >= 4 is 61.4 Å². The van der Waals surface area contributed by atoms with Crippen LogP contribution >= 0.6 is 27.3 Å². The largest absolute Gasteiger partial charge is 0.582 e. The van der Waals surface area contributed by atoms with Crippen LogP contribution in [0.25, 0.3) is 22.3 Å². The van der Waals surface area contributed by atoms with Crippen LogP contribution in [0.5, 0.6) is 0 Å². The fourth-order valence-corrected chi connectivity index (χ4v) is 6.18. The average Bonchev–Trinajstić information content (AvgIpc) is 3.73. The van der Waals surface area contributed by atoms with Gasteiger partial charge in [0.05, 0.1) is 12.9 Å². The number of nitrogens with zero attached hydrogens (tertiary/aromatic N) is 8. The summed E-state index contributed by atoms with van der Waals surface area (Å²) in [5, 5.41) is 17.8. The van der Waals surface area contributed by atoms with E-state index in [2.05, 4.69) is 47.5 Å². The first-order valence-electron chi connectivity index (χ1n) is 12.6. The van der Waals surface area contributed by atoms with Gasteiger partial charge in [0.25, 0.3) is 5.56 Å². The second-order valence-corrected chi connectivity index (χ2v) is 12.7. The molecular weight excluding hydrogens is 674 g/mol. The van der Waals surface area contributed by atoms with E-state index in [1.807, 2.05) is 0 Å². The highest BCUT2D eigenvalue weighted by atomic mass is 32.7. The van der Waals surface area contributed by atoms with Crippen molar-refractivity contribution in [3.05, 3.63) is 23.0 Å². The molecule has 21 nitrogen and oxygen atoms in total. The molecule has 2 saturated heterocycles. The number of hydrogen-bond acceptors (Lipinski definition) is 17. The molecule has 0 bridgehead atoms. The molecule has 7 N–H and O–H groups in total. The third-order valence-corrected chi connectivity index (χ3v) is 8.52. The number of imidazole rings is 1. The van der Waals surface area contributed by atoms with Gasteiger partial charge in [0.15, 0.2) is 47.4 Å². The Morgan fingerprint density at radius 2 is 1.87 bits per heavy atom. The summed E-state index contributed by atoms with van der Waals surface area (Å²) in [6, 6.07) is 0. The van der Waals surface area contributed by atoms with E-state index in [0.717, 1.165) is 15.6 Å². The molecule has 2 aliphatic heterocycles. The number of alkyl halides is 2. The summed E-state index contributed by atoms with van der Waals surface area (Å²) in [5.74, 6) is -0.338. The maximum absolute atomic E-state index is 15.6. The van der Waals surface area contributed by atoms with Crippen molar-refractivity contribution in [3.8, 4) is 0 Å². The maximum Gasteiger partial charge on any atom is 0.582 e. The highest BCUT2D eigenvalue weighted by molar-refractivity contribution is 8.39. The number of ether oxygens (including phenoxy) is 2. The number of aromatic nitrogens is 9. The van der Waals surface area contributed by atoms with Gasteiger partial charge in [-0.15, -0.1) is 9.62 Å². The number of halogens is 2. The zero-order valence-corrected chi connectivity index (χ0v) is 24.9. The molecule has 2 unspecified atom stereocenters. The van der Waals surface area contributed by atoms with Gasteiger partial charge in [-0.2, -0.15) is 9.67 Å². The van der Waals surface area contributed by atoms with Gasteiger partial charge in [0, 0.05) is 0 Å². The van der Waals surface area contributed by atoms with Gasteiger partial charge < -0.3 is 30.9 Å². The van der Waals surface area contributed by atoms with Crippen molar-refractivity contribution in [1.29, 1.82) is 0 Å². The Morgan fingerprint density at radius 1 is 1.11 bits per heavy atom. The van der Waals surface area contributed by atoms with E-state index < -0.39 is 83.0 Å². The van der Waals surface area contributed by atoms with Crippen LogP contribution in [0.2, 0.25) is 0 Å². The highest BCUT2D eigenvalue weighted by Crippen LogP contribution is 2.51. The number of phosphoric acid groups is 1. The van der Waals surface area contributed by atoms with Gasteiger partial charge in [-0.3, -0.25) is 23.4 Å². The quantitative estimate of drug-likeness (QED) is 0.0896. The van der Waals surface area contributed by atoms with Gasteiger partial charge in [-0.05, 0) is 4.57 Å². The number of rotatable bonds is 10.